The minimum atomic E-state index is -0.439. The Labute approximate surface area is 73.8 Å². The molecule has 0 aliphatic rings. The van der Waals surface area contributed by atoms with Gasteiger partial charge in [-0.2, -0.15) is 5.26 Å². The van der Waals surface area contributed by atoms with E-state index in [9.17, 15) is 4.79 Å². The van der Waals surface area contributed by atoms with E-state index in [2.05, 4.69) is 20.7 Å². The predicted octanol–water partition coefficient (Wildman–Crippen LogP) is 1.39. The molecular formula is C7H8BrNO2. The number of alkyl halides is 1. The van der Waals surface area contributed by atoms with Crippen LogP contribution in [0.4, 0.5) is 0 Å². The maximum atomic E-state index is 10.9. The molecule has 0 rings (SSSR count). The number of ether oxygens (including phenoxy) is 1. The highest BCUT2D eigenvalue weighted by Crippen LogP contribution is 2.01. The fraction of sp³-hybridized carbons (Fsp3) is 0.429. The predicted molar refractivity (Wildman–Crippen MR) is 44.1 cm³/mol. The molecule has 0 amide bonds. The van der Waals surface area contributed by atoms with E-state index in [-0.39, 0.29) is 0 Å². The summed E-state index contributed by atoms with van der Waals surface area (Å²) in [5.41, 5.74) is 0.342. The first-order valence-corrected chi connectivity index (χ1v) is 4.20. The van der Waals surface area contributed by atoms with E-state index in [4.69, 9.17) is 5.26 Å². The normalized spacial score (nSPS) is 10.5. The van der Waals surface area contributed by atoms with Gasteiger partial charge in [0.25, 0.3) is 0 Å². The minimum absolute atomic E-state index is 0.328. The summed E-state index contributed by atoms with van der Waals surface area (Å²) in [5, 5.41) is 8.58. The molecule has 0 atom stereocenters. The van der Waals surface area contributed by atoms with Gasteiger partial charge < -0.3 is 4.74 Å². The van der Waals surface area contributed by atoms with Crippen LogP contribution in [0.1, 0.15) is 6.92 Å². The van der Waals surface area contributed by atoms with Gasteiger partial charge in [0.15, 0.2) is 0 Å². The lowest BCUT2D eigenvalue weighted by atomic mass is 10.3. The number of halogens is 1. The van der Waals surface area contributed by atoms with Crippen molar-refractivity contribution in [2.75, 3.05) is 11.9 Å². The summed E-state index contributed by atoms with van der Waals surface area (Å²) < 4.78 is 4.66. The molecule has 0 saturated heterocycles. The van der Waals surface area contributed by atoms with Crippen LogP contribution in [-0.4, -0.2) is 17.9 Å². The summed E-state index contributed by atoms with van der Waals surface area (Å²) in [5.74, 6) is -0.439. The van der Waals surface area contributed by atoms with Crippen molar-refractivity contribution < 1.29 is 9.53 Å². The first kappa shape index (κ1) is 10.2. The van der Waals surface area contributed by atoms with Gasteiger partial charge in [0, 0.05) is 11.4 Å². The molecule has 60 valence electrons. The zero-order valence-electron chi connectivity index (χ0n) is 6.13. The number of nitrogens with zero attached hydrogens (tertiary/aromatic N) is 1. The summed E-state index contributed by atoms with van der Waals surface area (Å²) >= 11 is 3.07. The lowest BCUT2D eigenvalue weighted by Crippen LogP contribution is -2.08. The standard InChI is InChI=1S/C7H8BrNO2/c1-2-11-7(10)6(5-8)3-4-9/h3H,2,5H2,1H3/b6-3-. The Morgan fingerprint density at radius 2 is 2.45 bits per heavy atom. The minimum Gasteiger partial charge on any atom is -0.463 e. The molecule has 0 aromatic rings. The molecule has 0 saturated carbocycles. The zero-order valence-corrected chi connectivity index (χ0v) is 7.72. The van der Waals surface area contributed by atoms with Crippen molar-refractivity contribution in [2.45, 2.75) is 6.92 Å². The lowest BCUT2D eigenvalue weighted by Gasteiger charge is -2.00. The SMILES string of the molecule is CCOC(=O)/C(=C\C#N)CBr. The second-order valence-electron chi connectivity index (χ2n) is 1.65. The molecule has 0 bridgehead atoms. The van der Waals surface area contributed by atoms with Crippen molar-refractivity contribution in [2.24, 2.45) is 0 Å². The molecular weight excluding hydrogens is 210 g/mol. The van der Waals surface area contributed by atoms with E-state index in [1.807, 2.05) is 0 Å². The maximum Gasteiger partial charge on any atom is 0.335 e. The number of carbonyl (C=O) groups excluding carboxylic acids is 1. The highest BCUT2D eigenvalue weighted by atomic mass is 79.9. The van der Waals surface area contributed by atoms with Crippen molar-refractivity contribution >= 4 is 21.9 Å². The molecule has 0 heterocycles. The van der Waals surface area contributed by atoms with Crippen molar-refractivity contribution in [1.29, 1.82) is 5.26 Å². The molecule has 0 spiro atoms. The van der Waals surface area contributed by atoms with Gasteiger partial charge in [-0.15, -0.1) is 0 Å². The molecule has 0 unspecified atom stereocenters. The molecule has 0 aromatic carbocycles. The van der Waals surface area contributed by atoms with E-state index in [0.717, 1.165) is 0 Å². The van der Waals surface area contributed by atoms with Gasteiger partial charge in [-0.05, 0) is 6.92 Å². The van der Waals surface area contributed by atoms with E-state index in [1.165, 1.54) is 6.08 Å². The summed E-state index contributed by atoms with van der Waals surface area (Å²) in [6.07, 6.45) is 1.17. The second-order valence-corrected chi connectivity index (χ2v) is 2.21. The van der Waals surface area contributed by atoms with Gasteiger partial charge in [-0.25, -0.2) is 4.79 Å². The Balaban J connectivity index is 4.17. The number of carbonyl (C=O) groups is 1. The fourth-order valence-electron chi connectivity index (χ4n) is 0.454. The average Bonchev–Trinajstić information content (AvgIpc) is 2.00. The molecule has 0 aliphatic heterocycles. The molecule has 0 fully saturated rings. The Kier molecular flexibility index (Phi) is 5.49. The van der Waals surface area contributed by atoms with Crippen LogP contribution in [0.5, 0.6) is 0 Å². The number of rotatable bonds is 3. The first-order chi connectivity index (χ1) is 5.26. The quantitative estimate of drug-likeness (QED) is 0.311. The van der Waals surface area contributed by atoms with E-state index in [1.54, 1.807) is 13.0 Å². The number of esters is 1. The average molecular weight is 218 g/mol. The van der Waals surface area contributed by atoms with Crippen LogP contribution in [0.3, 0.4) is 0 Å². The molecule has 0 aliphatic carbocycles. The Morgan fingerprint density at radius 3 is 2.82 bits per heavy atom. The highest BCUT2D eigenvalue weighted by Gasteiger charge is 2.07. The van der Waals surface area contributed by atoms with Gasteiger partial charge in [0.2, 0.25) is 0 Å². The van der Waals surface area contributed by atoms with E-state index >= 15 is 0 Å². The van der Waals surface area contributed by atoms with Crippen LogP contribution in [0.2, 0.25) is 0 Å². The summed E-state index contributed by atoms with van der Waals surface area (Å²) in [6.45, 7) is 2.05. The Bertz CT molecular complexity index is 205. The van der Waals surface area contributed by atoms with Crippen LogP contribution in [0.25, 0.3) is 0 Å². The Hall–Kier alpha value is -0.820. The van der Waals surface area contributed by atoms with Crippen LogP contribution in [-0.2, 0) is 9.53 Å². The molecule has 4 heteroatoms. The van der Waals surface area contributed by atoms with Gasteiger partial charge in [-0.1, -0.05) is 15.9 Å². The number of hydrogen-bond donors (Lipinski definition) is 0. The topological polar surface area (TPSA) is 50.1 Å². The summed E-state index contributed by atoms with van der Waals surface area (Å²) in [4.78, 5) is 10.9. The van der Waals surface area contributed by atoms with Crippen LogP contribution < -0.4 is 0 Å². The van der Waals surface area contributed by atoms with Crippen molar-refractivity contribution in [3.8, 4) is 6.07 Å². The first-order valence-electron chi connectivity index (χ1n) is 3.08. The maximum absolute atomic E-state index is 10.9. The third kappa shape index (κ3) is 3.79. The van der Waals surface area contributed by atoms with Gasteiger partial charge in [0.1, 0.15) is 0 Å². The van der Waals surface area contributed by atoms with E-state index in [0.29, 0.717) is 17.5 Å². The molecule has 3 nitrogen and oxygen atoms in total. The summed E-state index contributed by atoms with van der Waals surface area (Å²) in [6, 6.07) is 1.77. The zero-order chi connectivity index (χ0) is 8.69. The molecule has 0 N–H and O–H groups in total. The largest absolute Gasteiger partial charge is 0.463 e. The van der Waals surface area contributed by atoms with Crippen molar-refractivity contribution in [3.05, 3.63) is 11.6 Å². The van der Waals surface area contributed by atoms with Gasteiger partial charge >= 0.3 is 5.97 Å². The van der Waals surface area contributed by atoms with Crippen LogP contribution in [0, 0.1) is 11.3 Å². The number of allylic oxidation sites excluding steroid dienone is 1. The lowest BCUT2D eigenvalue weighted by molar-refractivity contribution is -0.138. The smallest absolute Gasteiger partial charge is 0.335 e. The highest BCUT2D eigenvalue weighted by molar-refractivity contribution is 9.09. The number of nitriles is 1. The van der Waals surface area contributed by atoms with Crippen LogP contribution in [0.15, 0.2) is 11.6 Å². The van der Waals surface area contributed by atoms with Crippen molar-refractivity contribution in [1.82, 2.24) is 0 Å². The third-order valence-corrected chi connectivity index (χ3v) is 1.52. The third-order valence-electron chi connectivity index (χ3n) is 0.920. The van der Waals surface area contributed by atoms with Gasteiger partial charge in [0.05, 0.1) is 18.2 Å². The van der Waals surface area contributed by atoms with Gasteiger partial charge in [-0.3, -0.25) is 0 Å². The monoisotopic (exact) mass is 217 g/mol. The number of hydrogen-bond acceptors (Lipinski definition) is 3. The summed E-state index contributed by atoms with van der Waals surface area (Å²) in [7, 11) is 0. The molecule has 0 aromatic heterocycles. The second kappa shape index (κ2) is 5.93. The Morgan fingerprint density at radius 1 is 1.82 bits per heavy atom. The molecule has 11 heavy (non-hydrogen) atoms. The van der Waals surface area contributed by atoms with E-state index < -0.39 is 5.97 Å². The fourth-order valence-corrected chi connectivity index (χ4v) is 0.845. The van der Waals surface area contributed by atoms with Crippen LogP contribution >= 0.6 is 15.9 Å². The van der Waals surface area contributed by atoms with Crippen molar-refractivity contribution in [3.63, 3.8) is 0 Å². The molecule has 0 radical (unpaired) electrons.